The van der Waals surface area contributed by atoms with Crippen LogP contribution in [0.3, 0.4) is 0 Å². The van der Waals surface area contributed by atoms with Crippen LogP contribution < -0.4 is 4.74 Å². The van der Waals surface area contributed by atoms with E-state index >= 15 is 0 Å². The van der Waals surface area contributed by atoms with Crippen molar-refractivity contribution in [2.24, 2.45) is 0 Å². The van der Waals surface area contributed by atoms with Gasteiger partial charge in [-0.05, 0) is 50.2 Å². The van der Waals surface area contributed by atoms with Crippen molar-refractivity contribution in [2.45, 2.75) is 13.8 Å². The molecule has 3 aromatic rings. The second-order valence-electron chi connectivity index (χ2n) is 5.67. The third-order valence-corrected chi connectivity index (χ3v) is 4.16. The second-order valence-corrected chi connectivity index (χ2v) is 6.10. The Morgan fingerprint density at radius 1 is 1.22 bits per heavy atom. The Balaban J connectivity index is 1.83. The summed E-state index contributed by atoms with van der Waals surface area (Å²) in [6, 6.07) is 12.0. The zero-order valence-electron chi connectivity index (χ0n) is 14.8. The van der Waals surface area contributed by atoms with E-state index < -0.39 is 5.97 Å². The molecule has 0 aliphatic carbocycles. The third kappa shape index (κ3) is 4.01. The number of ether oxygens (including phenoxy) is 2. The fourth-order valence-electron chi connectivity index (χ4n) is 2.57. The molecule has 0 atom stereocenters. The summed E-state index contributed by atoms with van der Waals surface area (Å²) in [6.07, 6.45) is 2.28. The molecule has 3 rings (SSSR count). The van der Waals surface area contributed by atoms with Crippen molar-refractivity contribution in [1.29, 1.82) is 0 Å². The van der Waals surface area contributed by atoms with E-state index in [2.05, 4.69) is 4.98 Å². The quantitative estimate of drug-likeness (QED) is 0.458. The number of carbonyl (C=O) groups is 2. The maximum Gasteiger partial charge on any atom is 0.358 e. The van der Waals surface area contributed by atoms with Gasteiger partial charge in [0.15, 0.2) is 12.0 Å². The molecule has 0 unspecified atom stereocenters. The number of hydrogen-bond acceptors (Lipinski definition) is 5. The highest BCUT2D eigenvalue weighted by molar-refractivity contribution is 6.30. The predicted molar refractivity (Wildman–Crippen MR) is 101 cm³/mol. The van der Waals surface area contributed by atoms with Crippen LogP contribution in [0.4, 0.5) is 0 Å². The highest BCUT2D eigenvalue weighted by Gasteiger charge is 2.16. The summed E-state index contributed by atoms with van der Waals surface area (Å²) >= 11 is 5.97. The normalized spacial score (nSPS) is 10.5. The van der Waals surface area contributed by atoms with Crippen LogP contribution in [-0.2, 0) is 4.74 Å². The van der Waals surface area contributed by atoms with Crippen molar-refractivity contribution < 1.29 is 19.1 Å². The van der Waals surface area contributed by atoms with Gasteiger partial charge in [0.05, 0.1) is 17.9 Å². The van der Waals surface area contributed by atoms with Gasteiger partial charge in [0.1, 0.15) is 17.8 Å². The first kappa shape index (κ1) is 18.7. The van der Waals surface area contributed by atoms with Crippen LogP contribution in [0.1, 0.15) is 33.5 Å². The number of esters is 1. The number of aromatic nitrogens is 2. The zero-order valence-corrected chi connectivity index (χ0v) is 15.6. The van der Waals surface area contributed by atoms with Gasteiger partial charge in [-0.25, -0.2) is 9.78 Å². The van der Waals surface area contributed by atoms with E-state index in [0.717, 1.165) is 5.69 Å². The lowest BCUT2D eigenvalue weighted by molar-refractivity contribution is 0.0519. The van der Waals surface area contributed by atoms with Gasteiger partial charge < -0.3 is 14.0 Å². The lowest BCUT2D eigenvalue weighted by Gasteiger charge is -2.10. The number of hydrogen-bond donors (Lipinski definition) is 0. The van der Waals surface area contributed by atoms with E-state index in [0.29, 0.717) is 40.7 Å². The van der Waals surface area contributed by atoms with Crippen LogP contribution in [0.2, 0.25) is 5.02 Å². The number of rotatable bonds is 6. The molecule has 2 aromatic carbocycles. The molecule has 0 N–H and O–H groups in total. The van der Waals surface area contributed by atoms with Gasteiger partial charge in [-0.3, -0.25) is 4.79 Å². The van der Waals surface area contributed by atoms with Gasteiger partial charge in [-0.2, -0.15) is 0 Å². The van der Waals surface area contributed by atoms with Crippen LogP contribution in [0, 0.1) is 6.92 Å². The summed E-state index contributed by atoms with van der Waals surface area (Å²) in [7, 11) is 0. The van der Waals surface area contributed by atoms with E-state index in [1.165, 1.54) is 0 Å². The van der Waals surface area contributed by atoms with Crippen molar-refractivity contribution in [3.63, 3.8) is 0 Å². The predicted octanol–water partition coefficient (Wildman–Crippen LogP) is 4.62. The Kier molecular flexibility index (Phi) is 5.57. The molecule has 1 heterocycles. The van der Waals surface area contributed by atoms with E-state index in [9.17, 15) is 9.59 Å². The molecule has 0 aliphatic heterocycles. The SMILES string of the molecule is CCOC(=O)c1ncn(-c2ccc(Oc3cc(Cl)ccc3C=O)cc2)c1C. The molecule has 0 aliphatic rings. The lowest BCUT2D eigenvalue weighted by Crippen LogP contribution is -2.07. The molecule has 0 saturated heterocycles. The van der Waals surface area contributed by atoms with Crippen molar-refractivity contribution in [1.82, 2.24) is 9.55 Å². The van der Waals surface area contributed by atoms with Gasteiger partial charge in [0.25, 0.3) is 0 Å². The Bertz CT molecular complexity index is 980. The fourth-order valence-corrected chi connectivity index (χ4v) is 2.73. The third-order valence-electron chi connectivity index (χ3n) is 3.92. The Morgan fingerprint density at radius 3 is 2.63 bits per heavy atom. The number of benzene rings is 2. The molecule has 7 heteroatoms. The van der Waals surface area contributed by atoms with Gasteiger partial charge in [0, 0.05) is 16.8 Å². The highest BCUT2D eigenvalue weighted by Crippen LogP contribution is 2.28. The van der Waals surface area contributed by atoms with Crippen LogP contribution in [0.5, 0.6) is 11.5 Å². The molecule has 0 fully saturated rings. The van der Waals surface area contributed by atoms with E-state index in [-0.39, 0.29) is 5.69 Å². The summed E-state index contributed by atoms with van der Waals surface area (Å²) in [5, 5.41) is 0.479. The topological polar surface area (TPSA) is 70.4 Å². The summed E-state index contributed by atoms with van der Waals surface area (Å²) in [5.74, 6) is 0.484. The minimum Gasteiger partial charge on any atom is -0.461 e. The molecule has 0 spiro atoms. The van der Waals surface area contributed by atoms with E-state index in [4.69, 9.17) is 21.1 Å². The van der Waals surface area contributed by atoms with Crippen LogP contribution in [0.15, 0.2) is 48.8 Å². The van der Waals surface area contributed by atoms with Crippen molar-refractivity contribution >= 4 is 23.9 Å². The Morgan fingerprint density at radius 2 is 1.96 bits per heavy atom. The largest absolute Gasteiger partial charge is 0.461 e. The standard InChI is InChI=1S/C20H17ClN2O4/c1-3-26-20(25)19-13(2)23(12-22-19)16-6-8-17(9-7-16)27-18-10-15(21)5-4-14(18)11-24/h4-12H,3H2,1-2H3. The first-order valence-corrected chi connectivity index (χ1v) is 8.65. The summed E-state index contributed by atoms with van der Waals surface area (Å²) in [5.41, 5.74) is 2.18. The Labute approximate surface area is 161 Å². The summed E-state index contributed by atoms with van der Waals surface area (Å²) in [6.45, 7) is 3.84. The molecular formula is C20H17ClN2O4. The minimum absolute atomic E-state index is 0.284. The first-order chi connectivity index (χ1) is 13.0. The van der Waals surface area contributed by atoms with Crippen LogP contribution in [0.25, 0.3) is 5.69 Å². The maximum atomic E-state index is 11.9. The lowest BCUT2D eigenvalue weighted by atomic mass is 10.2. The number of nitrogens with zero attached hydrogens (tertiary/aromatic N) is 2. The Hall–Kier alpha value is -3.12. The monoisotopic (exact) mass is 384 g/mol. The molecule has 138 valence electrons. The molecule has 0 bridgehead atoms. The van der Waals surface area contributed by atoms with Crippen molar-refractivity contribution in [3.05, 3.63) is 70.8 Å². The number of carbonyl (C=O) groups excluding carboxylic acids is 2. The molecule has 1 aromatic heterocycles. The van der Waals surface area contributed by atoms with Crippen LogP contribution >= 0.6 is 11.6 Å². The highest BCUT2D eigenvalue weighted by atomic mass is 35.5. The maximum absolute atomic E-state index is 11.9. The summed E-state index contributed by atoms with van der Waals surface area (Å²) in [4.78, 5) is 27.2. The number of aldehydes is 1. The fraction of sp³-hybridized carbons (Fsp3) is 0.150. The molecular weight excluding hydrogens is 368 g/mol. The molecule has 0 amide bonds. The molecule has 0 saturated carbocycles. The van der Waals surface area contributed by atoms with Crippen molar-refractivity contribution in [2.75, 3.05) is 6.61 Å². The minimum atomic E-state index is -0.448. The average molecular weight is 385 g/mol. The average Bonchev–Trinajstić information content (AvgIpc) is 3.04. The van der Waals surface area contributed by atoms with Gasteiger partial charge in [-0.15, -0.1) is 0 Å². The van der Waals surface area contributed by atoms with Crippen molar-refractivity contribution in [3.8, 4) is 17.2 Å². The molecule has 27 heavy (non-hydrogen) atoms. The number of imidazole rings is 1. The van der Waals surface area contributed by atoms with Gasteiger partial charge >= 0.3 is 5.97 Å². The van der Waals surface area contributed by atoms with E-state index in [1.807, 2.05) is 12.1 Å². The molecule has 0 radical (unpaired) electrons. The second kappa shape index (κ2) is 8.05. The summed E-state index contributed by atoms with van der Waals surface area (Å²) < 4.78 is 12.5. The van der Waals surface area contributed by atoms with E-state index in [1.54, 1.807) is 55.1 Å². The number of halogens is 1. The molecule has 6 nitrogen and oxygen atoms in total. The van der Waals surface area contributed by atoms with Gasteiger partial charge in [-0.1, -0.05) is 11.6 Å². The first-order valence-electron chi connectivity index (χ1n) is 8.27. The smallest absolute Gasteiger partial charge is 0.358 e. The van der Waals surface area contributed by atoms with Crippen LogP contribution in [-0.4, -0.2) is 28.4 Å². The zero-order chi connectivity index (χ0) is 19.4. The van der Waals surface area contributed by atoms with Gasteiger partial charge in [0.2, 0.25) is 0 Å².